The minimum atomic E-state index is -0.813. The van der Waals surface area contributed by atoms with Crippen LogP contribution < -0.4 is 0 Å². The number of rotatable bonds is 4. The van der Waals surface area contributed by atoms with Gasteiger partial charge in [0.1, 0.15) is 12.2 Å². The fourth-order valence-corrected chi connectivity index (χ4v) is 1.37. The molecule has 0 spiro atoms. The summed E-state index contributed by atoms with van der Waals surface area (Å²) in [5.41, 5.74) is 0. The molecule has 0 aromatic heterocycles. The summed E-state index contributed by atoms with van der Waals surface area (Å²) in [6, 6.07) is 0. The highest BCUT2D eigenvalue weighted by Crippen LogP contribution is 2.19. The third-order valence-electron chi connectivity index (χ3n) is 2.08. The molecule has 13 heavy (non-hydrogen) atoms. The molecule has 0 amide bonds. The van der Waals surface area contributed by atoms with E-state index in [9.17, 15) is 9.59 Å². The van der Waals surface area contributed by atoms with E-state index in [1.54, 1.807) is 0 Å². The number of methoxy groups -OCH3 is 2. The summed E-state index contributed by atoms with van der Waals surface area (Å²) in [6.45, 7) is 0.277. The summed E-state index contributed by atoms with van der Waals surface area (Å²) in [4.78, 5) is 21.2. The molecule has 1 heterocycles. The molecule has 0 aliphatic carbocycles. The van der Waals surface area contributed by atoms with E-state index in [1.165, 1.54) is 14.2 Å². The lowest BCUT2D eigenvalue weighted by Crippen LogP contribution is -2.38. The van der Waals surface area contributed by atoms with Gasteiger partial charge in [0, 0.05) is 14.2 Å². The zero-order valence-corrected chi connectivity index (χ0v) is 7.56. The van der Waals surface area contributed by atoms with Crippen LogP contribution in [0, 0.1) is 0 Å². The van der Waals surface area contributed by atoms with Crippen LogP contribution in [0.15, 0.2) is 0 Å². The smallest absolute Gasteiger partial charge is 0.226 e. The Morgan fingerprint density at radius 1 is 1.46 bits per heavy atom. The predicted molar refractivity (Wildman–Crippen MR) is 42.4 cm³/mol. The first-order valence-corrected chi connectivity index (χ1v) is 3.90. The molecule has 1 saturated heterocycles. The Kier molecular flexibility index (Phi) is 3.53. The number of ether oxygens (including phenoxy) is 3. The van der Waals surface area contributed by atoms with Gasteiger partial charge in [-0.15, -0.1) is 0 Å². The molecule has 74 valence electrons. The van der Waals surface area contributed by atoms with E-state index in [0.717, 1.165) is 0 Å². The second-order valence-electron chi connectivity index (χ2n) is 2.75. The summed E-state index contributed by atoms with van der Waals surface area (Å²) in [6.07, 6.45) is -1.33. The highest BCUT2D eigenvalue weighted by molar-refractivity contribution is 6.27. The summed E-state index contributed by atoms with van der Waals surface area (Å²) in [5, 5.41) is 0. The van der Waals surface area contributed by atoms with Crippen LogP contribution in [0.5, 0.6) is 0 Å². The number of aldehydes is 1. The van der Waals surface area contributed by atoms with E-state index in [2.05, 4.69) is 0 Å². The third-order valence-corrected chi connectivity index (χ3v) is 2.08. The standard InChI is InChI=1S/C8H12O5/c1-11-6-4-13-7(5(10)3-9)8(6)12-2/h3,6-8H,4H2,1-2H3. The largest absolute Gasteiger partial charge is 0.376 e. The quantitative estimate of drug-likeness (QED) is 0.426. The fourth-order valence-electron chi connectivity index (χ4n) is 1.37. The van der Waals surface area contributed by atoms with Gasteiger partial charge in [-0.05, 0) is 0 Å². The average molecular weight is 188 g/mol. The van der Waals surface area contributed by atoms with Crippen LogP contribution in [0.4, 0.5) is 0 Å². The van der Waals surface area contributed by atoms with Crippen molar-refractivity contribution in [2.45, 2.75) is 18.3 Å². The van der Waals surface area contributed by atoms with Crippen molar-refractivity contribution in [2.24, 2.45) is 0 Å². The number of ketones is 1. The molecule has 0 N–H and O–H groups in total. The Labute approximate surface area is 76.0 Å². The Balaban J connectivity index is 2.67. The second-order valence-corrected chi connectivity index (χ2v) is 2.75. The zero-order chi connectivity index (χ0) is 9.84. The van der Waals surface area contributed by atoms with Crippen LogP contribution >= 0.6 is 0 Å². The van der Waals surface area contributed by atoms with Gasteiger partial charge in [0.15, 0.2) is 12.4 Å². The maximum Gasteiger partial charge on any atom is 0.226 e. The molecule has 5 heteroatoms. The minimum absolute atomic E-state index is 0.245. The van der Waals surface area contributed by atoms with Crippen LogP contribution in [-0.2, 0) is 23.8 Å². The summed E-state index contributed by atoms with van der Waals surface area (Å²) in [5.74, 6) is -0.605. The highest BCUT2D eigenvalue weighted by Gasteiger charge is 2.41. The van der Waals surface area contributed by atoms with Gasteiger partial charge in [-0.1, -0.05) is 0 Å². The van der Waals surface area contributed by atoms with E-state index < -0.39 is 18.0 Å². The third kappa shape index (κ3) is 1.93. The summed E-state index contributed by atoms with van der Waals surface area (Å²) >= 11 is 0. The lowest BCUT2D eigenvalue weighted by molar-refractivity contribution is -0.139. The van der Waals surface area contributed by atoms with Crippen LogP contribution in [-0.4, -0.2) is 51.2 Å². The maximum absolute atomic E-state index is 11.0. The van der Waals surface area contributed by atoms with Gasteiger partial charge in [0.2, 0.25) is 5.78 Å². The first kappa shape index (κ1) is 10.3. The van der Waals surface area contributed by atoms with Gasteiger partial charge < -0.3 is 14.2 Å². The lowest BCUT2D eigenvalue weighted by atomic mass is 10.1. The molecule has 0 radical (unpaired) electrons. The first-order chi connectivity index (χ1) is 6.24. The average Bonchev–Trinajstić information content (AvgIpc) is 2.58. The van der Waals surface area contributed by atoms with Gasteiger partial charge >= 0.3 is 0 Å². The molecule has 1 fully saturated rings. The van der Waals surface area contributed by atoms with E-state index >= 15 is 0 Å². The van der Waals surface area contributed by atoms with Gasteiger partial charge in [0.05, 0.1) is 6.61 Å². The SMILES string of the molecule is COC1COC(C(=O)C=O)C1OC. The zero-order valence-electron chi connectivity index (χ0n) is 7.56. The molecule has 1 aliphatic rings. The molecule has 3 atom stereocenters. The molecule has 5 nitrogen and oxygen atoms in total. The second kappa shape index (κ2) is 4.45. The Hall–Kier alpha value is -0.780. The summed E-state index contributed by atoms with van der Waals surface area (Å²) in [7, 11) is 2.96. The van der Waals surface area contributed by atoms with Crippen molar-refractivity contribution in [3.8, 4) is 0 Å². The topological polar surface area (TPSA) is 61.8 Å². The van der Waals surface area contributed by atoms with Crippen molar-refractivity contribution < 1.29 is 23.8 Å². The van der Waals surface area contributed by atoms with Crippen molar-refractivity contribution >= 4 is 12.1 Å². The molecular weight excluding hydrogens is 176 g/mol. The van der Waals surface area contributed by atoms with Crippen molar-refractivity contribution in [3.05, 3.63) is 0 Å². The number of carbonyl (C=O) groups is 2. The minimum Gasteiger partial charge on any atom is -0.376 e. The predicted octanol–water partition coefficient (Wildman–Crippen LogP) is -0.817. The van der Waals surface area contributed by atoms with E-state index in [-0.39, 0.29) is 19.0 Å². The van der Waals surface area contributed by atoms with Crippen molar-refractivity contribution in [3.63, 3.8) is 0 Å². The highest BCUT2D eigenvalue weighted by atomic mass is 16.6. The van der Waals surface area contributed by atoms with Crippen LogP contribution in [0.1, 0.15) is 0 Å². The Morgan fingerprint density at radius 2 is 2.15 bits per heavy atom. The van der Waals surface area contributed by atoms with E-state index in [1.807, 2.05) is 0 Å². The van der Waals surface area contributed by atoms with Crippen molar-refractivity contribution in [2.75, 3.05) is 20.8 Å². The molecule has 1 aliphatic heterocycles. The van der Waals surface area contributed by atoms with Gasteiger partial charge in [-0.2, -0.15) is 0 Å². The number of carbonyl (C=O) groups excluding carboxylic acids is 2. The van der Waals surface area contributed by atoms with Gasteiger partial charge in [-0.3, -0.25) is 9.59 Å². The molecular formula is C8H12O5. The van der Waals surface area contributed by atoms with Gasteiger partial charge in [-0.25, -0.2) is 0 Å². The Morgan fingerprint density at radius 3 is 2.62 bits per heavy atom. The number of hydrogen-bond acceptors (Lipinski definition) is 5. The molecule has 0 aromatic carbocycles. The number of hydrogen-bond donors (Lipinski definition) is 0. The molecule has 0 bridgehead atoms. The molecule has 0 aromatic rings. The number of Topliss-reactive ketones (excluding diaryl/α,β-unsaturated/α-hetero) is 1. The van der Waals surface area contributed by atoms with Crippen molar-refractivity contribution in [1.82, 2.24) is 0 Å². The molecule has 3 unspecified atom stereocenters. The Bertz CT molecular complexity index is 203. The molecule has 0 saturated carbocycles. The maximum atomic E-state index is 11.0. The monoisotopic (exact) mass is 188 g/mol. The normalized spacial score (nSPS) is 33.2. The van der Waals surface area contributed by atoms with Crippen LogP contribution in [0.3, 0.4) is 0 Å². The van der Waals surface area contributed by atoms with Crippen LogP contribution in [0.25, 0.3) is 0 Å². The van der Waals surface area contributed by atoms with Crippen molar-refractivity contribution in [1.29, 1.82) is 0 Å². The summed E-state index contributed by atoms with van der Waals surface area (Å²) < 4.78 is 15.1. The van der Waals surface area contributed by atoms with Crippen LogP contribution in [0.2, 0.25) is 0 Å². The van der Waals surface area contributed by atoms with E-state index in [0.29, 0.717) is 0 Å². The van der Waals surface area contributed by atoms with Gasteiger partial charge in [0.25, 0.3) is 0 Å². The van der Waals surface area contributed by atoms with E-state index in [4.69, 9.17) is 14.2 Å². The lowest BCUT2D eigenvalue weighted by Gasteiger charge is -2.17. The molecule has 1 rings (SSSR count). The fraction of sp³-hybridized carbons (Fsp3) is 0.750. The first-order valence-electron chi connectivity index (χ1n) is 3.90.